The lowest BCUT2D eigenvalue weighted by Crippen LogP contribution is -2.40. The van der Waals surface area contributed by atoms with Gasteiger partial charge in [0.1, 0.15) is 13.2 Å². The fraction of sp³-hybridized carbons (Fsp3) is 0.222. The summed E-state index contributed by atoms with van der Waals surface area (Å²) in [5.74, 6) is -1.71. The van der Waals surface area contributed by atoms with Gasteiger partial charge < -0.3 is 23.7 Å². The van der Waals surface area contributed by atoms with Crippen LogP contribution in [0.3, 0.4) is 0 Å². The highest BCUT2D eigenvalue weighted by Gasteiger charge is 2.29. The van der Waals surface area contributed by atoms with Gasteiger partial charge in [0.15, 0.2) is 12.4 Å². The van der Waals surface area contributed by atoms with Crippen LogP contribution in [0.2, 0.25) is 0 Å². The molecule has 1 unspecified atom stereocenters. The first-order chi connectivity index (χ1) is 17.1. The lowest BCUT2D eigenvalue weighted by molar-refractivity contribution is -0.192. The minimum atomic E-state index is -1.08. The minimum absolute atomic E-state index is 0.0386. The van der Waals surface area contributed by atoms with Gasteiger partial charge >= 0.3 is 17.9 Å². The average molecular weight is 478 g/mol. The van der Waals surface area contributed by atoms with Crippen molar-refractivity contribution in [2.75, 3.05) is 26.9 Å². The molecule has 35 heavy (non-hydrogen) atoms. The summed E-state index contributed by atoms with van der Waals surface area (Å²) in [6.45, 7) is -0.408. The maximum atomic E-state index is 12.6. The summed E-state index contributed by atoms with van der Waals surface area (Å²) in [7, 11) is 1.36. The van der Waals surface area contributed by atoms with Crippen molar-refractivity contribution >= 4 is 17.9 Å². The van der Waals surface area contributed by atoms with Crippen LogP contribution >= 0.6 is 0 Å². The van der Waals surface area contributed by atoms with E-state index in [1.165, 1.54) is 7.11 Å². The number of methoxy groups -OCH3 is 1. The van der Waals surface area contributed by atoms with E-state index in [9.17, 15) is 14.4 Å². The molecule has 0 aliphatic carbocycles. The van der Waals surface area contributed by atoms with E-state index >= 15 is 0 Å². The Morgan fingerprint density at radius 1 is 0.629 bits per heavy atom. The zero-order chi connectivity index (χ0) is 24.9. The highest BCUT2D eigenvalue weighted by molar-refractivity contribution is 5.90. The van der Waals surface area contributed by atoms with E-state index in [0.29, 0.717) is 16.7 Å². The van der Waals surface area contributed by atoms with E-state index in [1.54, 1.807) is 91.0 Å². The third-order valence-corrected chi connectivity index (χ3v) is 4.80. The molecule has 0 N–H and O–H groups in total. The van der Waals surface area contributed by atoms with Gasteiger partial charge in [-0.1, -0.05) is 54.6 Å². The number of esters is 3. The Morgan fingerprint density at radius 2 is 1.09 bits per heavy atom. The van der Waals surface area contributed by atoms with Gasteiger partial charge in [0, 0.05) is 7.11 Å². The van der Waals surface area contributed by atoms with E-state index in [0.717, 1.165) is 0 Å². The molecule has 0 fully saturated rings. The highest BCUT2D eigenvalue weighted by Crippen LogP contribution is 2.13. The molecule has 0 aliphatic heterocycles. The second-order valence-corrected chi connectivity index (χ2v) is 7.25. The molecule has 3 aromatic carbocycles. The normalized spacial score (nSPS) is 12.3. The van der Waals surface area contributed by atoms with E-state index in [2.05, 4.69) is 0 Å². The summed E-state index contributed by atoms with van der Waals surface area (Å²) in [6, 6.07) is 25.3. The van der Waals surface area contributed by atoms with E-state index in [1.807, 2.05) is 0 Å². The summed E-state index contributed by atoms with van der Waals surface area (Å²) in [4.78, 5) is 37.1. The molecular formula is C27H26O8. The third-order valence-electron chi connectivity index (χ3n) is 4.80. The molecule has 182 valence electrons. The monoisotopic (exact) mass is 478 g/mol. The number of hydrogen-bond donors (Lipinski definition) is 0. The zero-order valence-electron chi connectivity index (χ0n) is 19.2. The van der Waals surface area contributed by atoms with E-state index in [4.69, 9.17) is 23.7 Å². The maximum Gasteiger partial charge on any atom is 0.338 e. The highest BCUT2D eigenvalue weighted by atomic mass is 16.7. The molecule has 3 rings (SSSR count). The molecule has 2 atom stereocenters. The molecule has 0 heterocycles. The Balaban J connectivity index is 1.60. The van der Waals surface area contributed by atoms with Crippen LogP contribution in [0, 0.1) is 0 Å². The first kappa shape index (κ1) is 25.6. The molecule has 0 amide bonds. The quantitative estimate of drug-likeness (QED) is 0.167. The van der Waals surface area contributed by atoms with Gasteiger partial charge in [-0.3, -0.25) is 0 Å². The Labute approximate surface area is 203 Å². The lowest BCUT2D eigenvalue weighted by Gasteiger charge is -2.25. The van der Waals surface area contributed by atoms with Crippen molar-refractivity contribution in [3.05, 3.63) is 108 Å². The molecule has 0 radical (unpaired) electrons. The van der Waals surface area contributed by atoms with Crippen LogP contribution in [0.15, 0.2) is 91.0 Å². The first-order valence-electron chi connectivity index (χ1n) is 10.9. The van der Waals surface area contributed by atoms with Crippen LogP contribution in [0.25, 0.3) is 0 Å². The fourth-order valence-electron chi connectivity index (χ4n) is 3.05. The molecule has 3 aromatic rings. The Morgan fingerprint density at radius 3 is 1.57 bits per heavy atom. The smallest absolute Gasteiger partial charge is 0.338 e. The van der Waals surface area contributed by atoms with Crippen LogP contribution in [-0.2, 0) is 23.7 Å². The summed E-state index contributed by atoms with van der Waals surface area (Å²) >= 11 is 0. The largest absolute Gasteiger partial charge is 0.460 e. The molecule has 0 saturated carbocycles. The van der Waals surface area contributed by atoms with Gasteiger partial charge in [-0.25, -0.2) is 14.4 Å². The van der Waals surface area contributed by atoms with Crippen molar-refractivity contribution in [3.8, 4) is 0 Å². The van der Waals surface area contributed by atoms with Gasteiger partial charge in [0.25, 0.3) is 0 Å². The van der Waals surface area contributed by atoms with Crippen LogP contribution < -0.4 is 0 Å². The molecule has 8 nitrogen and oxygen atoms in total. The van der Waals surface area contributed by atoms with Crippen LogP contribution in [0.4, 0.5) is 0 Å². The van der Waals surface area contributed by atoms with E-state index in [-0.39, 0.29) is 19.8 Å². The maximum absolute atomic E-state index is 12.6. The van der Waals surface area contributed by atoms with Gasteiger partial charge in [-0.05, 0) is 36.4 Å². The average Bonchev–Trinajstić information content (AvgIpc) is 2.92. The topological polar surface area (TPSA) is 97.4 Å². The minimum Gasteiger partial charge on any atom is -0.460 e. The first-order valence-corrected chi connectivity index (χ1v) is 10.9. The SMILES string of the molecule is CO[C@@H](OCCOC(=O)c1ccccc1)C(COC(=O)c1ccccc1)OC(=O)c1ccccc1. The second-order valence-electron chi connectivity index (χ2n) is 7.25. The standard InChI is InChI=1S/C27H26O8/c1-31-27(33-18-17-32-24(28)20-11-5-2-6-12-20)23(35-26(30)22-15-9-4-10-16-22)19-34-25(29)21-13-7-3-8-14-21/h2-16,23,27H,17-19H2,1H3/t23?,27-/m0/s1. The second kappa shape index (κ2) is 13.6. The van der Waals surface area contributed by atoms with Crippen LogP contribution in [-0.4, -0.2) is 57.2 Å². The lowest BCUT2D eigenvalue weighted by atomic mass is 10.2. The van der Waals surface area contributed by atoms with Gasteiger partial charge in [0.2, 0.25) is 0 Å². The number of carbonyl (C=O) groups excluding carboxylic acids is 3. The third kappa shape index (κ3) is 8.06. The van der Waals surface area contributed by atoms with Crippen LogP contribution in [0.5, 0.6) is 0 Å². The summed E-state index contributed by atoms with van der Waals surface area (Å²) in [5.41, 5.74) is 1.08. The Kier molecular flexibility index (Phi) is 9.98. The molecule has 8 heteroatoms. The molecule has 0 spiro atoms. The summed E-state index contributed by atoms with van der Waals surface area (Å²) in [5, 5.41) is 0. The predicted octanol–water partition coefficient (Wildman–Crippen LogP) is 3.92. The Hall–Kier alpha value is -4.01. The number of ether oxygens (including phenoxy) is 5. The fourth-order valence-corrected chi connectivity index (χ4v) is 3.05. The molecule has 0 aromatic heterocycles. The predicted molar refractivity (Wildman–Crippen MR) is 126 cm³/mol. The van der Waals surface area contributed by atoms with Crippen molar-refractivity contribution in [1.82, 2.24) is 0 Å². The summed E-state index contributed by atoms with van der Waals surface area (Å²) < 4.78 is 27.1. The summed E-state index contributed by atoms with van der Waals surface area (Å²) in [6.07, 6.45) is -2.16. The number of benzene rings is 3. The molecule has 0 aliphatic rings. The van der Waals surface area contributed by atoms with Crippen LogP contribution in [0.1, 0.15) is 31.1 Å². The number of carbonyl (C=O) groups is 3. The number of hydrogen-bond acceptors (Lipinski definition) is 8. The molecular weight excluding hydrogens is 452 g/mol. The Bertz CT molecular complexity index is 1070. The van der Waals surface area contributed by atoms with E-state index < -0.39 is 30.3 Å². The van der Waals surface area contributed by atoms with Gasteiger partial charge in [-0.2, -0.15) is 0 Å². The molecule has 0 bridgehead atoms. The number of rotatable bonds is 12. The van der Waals surface area contributed by atoms with Crippen molar-refractivity contribution in [2.45, 2.75) is 12.4 Å². The van der Waals surface area contributed by atoms with Crippen molar-refractivity contribution in [3.63, 3.8) is 0 Å². The van der Waals surface area contributed by atoms with Crippen molar-refractivity contribution in [1.29, 1.82) is 0 Å². The van der Waals surface area contributed by atoms with Gasteiger partial charge in [-0.15, -0.1) is 0 Å². The zero-order valence-corrected chi connectivity index (χ0v) is 19.2. The van der Waals surface area contributed by atoms with Gasteiger partial charge in [0.05, 0.1) is 23.3 Å². The van der Waals surface area contributed by atoms with Crippen molar-refractivity contribution in [2.24, 2.45) is 0 Å². The molecule has 0 saturated heterocycles. The van der Waals surface area contributed by atoms with Crippen molar-refractivity contribution < 1.29 is 38.1 Å².